The van der Waals surface area contributed by atoms with Crippen LogP contribution in [0, 0.1) is 6.92 Å². The SMILES string of the molecule is CCC(NCc1cc(C)nc2ccccc12)c1ncc[nH]1. The smallest absolute Gasteiger partial charge is 0.123 e. The van der Waals surface area contributed by atoms with Gasteiger partial charge in [0.05, 0.1) is 11.6 Å². The van der Waals surface area contributed by atoms with Crippen molar-refractivity contribution in [2.45, 2.75) is 32.9 Å². The van der Waals surface area contributed by atoms with E-state index >= 15 is 0 Å². The number of aryl methyl sites for hydroxylation is 1. The van der Waals surface area contributed by atoms with Crippen LogP contribution >= 0.6 is 0 Å². The largest absolute Gasteiger partial charge is 0.347 e. The van der Waals surface area contributed by atoms with E-state index < -0.39 is 0 Å². The number of nitrogens with one attached hydrogen (secondary N) is 2. The number of pyridine rings is 1. The van der Waals surface area contributed by atoms with Crippen molar-refractivity contribution in [1.29, 1.82) is 0 Å². The van der Waals surface area contributed by atoms with E-state index in [4.69, 9.17) is 0 Å². The summed E-state index contributed by atoms with van der Waals surface area (Å²) in [6.07, 6.45) is 4.66. The van der Waals surface area contributed by atoms with Gasteiger partial charge >= 0.3 is 0 Å². The molecule has 0 aliphatic heterocycles. The molecule has 1 unspecified atom stereocenters. The van der Waals surface area contributed by atoms with Crippen molar-refractivity contribution in [1.82, 2.24) is 20.3 Å². The van der Waals surface area contributed by atoms with Crippen molar-refractivity contribution in [3.63, 3.8) is 0 Å². The van der Waals surface area contributed by atoms with Crippen LogP contribution in [-0.2, 0) is 6.54 Å². The molecule has 21 heavy (non-hydrogen) atoms. The molecule has 0 bridgehead atoms. The van der Waals surface area contributed by atoms with E-state index in [0.717, 1.165) is 30.0 Å². The lowest BCUT2D eigenvalue weighted by Gasteiger charge is -2.16. The maximum atomic E-state index is 4.59. The van der Waals surface area contributed by atoms with Crippen molar-refractivity contribution in [3.05, 3.63) is 59.8 Å². The first-order chi connectivity index (χ1) is 10.3. The second-order valence-corrected chi connectivity index (χ2v) is 5.26. The van der Waals surface area contributed by atoms with Crippen molar-refractivity contribution in [2.24, 2.45) is 0 Å². The van der Waals surface area contributed by atoms with Crippen molar-refractivity contribution in [3.8, 4) is 0 Å². The lowest BCUT2D eigenvalue weighted by molar-refractivity contribution is 0.499. The molecule has 0 spiro atoms. The fourth-order valence-corrected chi connectivity index (χ4v) is 2.68. The molecule has 3 rings (SSSR count). The second kappa shape index (κ2) is 6.06. The molecule has 0 aliphatic carbocycles. The summed E-state index contributed by atoms with van der Waals surface area (Å²) in [5.41, 5.74) is 3.39. The highest BCUT2D eigenvalue weighted by atomic mass is 15.0. The highest BCUT2D eigenvalue weighted by Gasteiger charge is 2.12. The molecule has 3 aromatic rings. The van der Waals surface area contributed by atoms with Gasteiger partial charge in [0.2, 0.25) is 0 Å². The minimum atomic E-state index is 0.243. The number of H-pyrrole nitrogens is 1. The van der Waals surface area contributed by atoms with Gasteiger partial charge in [0.1, 0.15) is 5.82 Å². The molecule has 2 aromatic heterocycles. The van der Waals surface area contributed by atoms with Crippen LogP contribution in [0.3, 0.4) is 0 Å². The van der Waals surface area contributed by atoms with Gasteiger partial charge < -0.3 is 10.3 Å². The normalized spacial score (nSPS) is 12.7. The molecule has 0 amide bonds. The highest BCUT2D eigenvalue weighted by molar-refractivity contribution is 5.82. The zero-order valence-electron chi connectivity index (χ0n) is 12.4. The molecule has 2 heterocycles. The Bertz CT molecular complexity index is 719. The Balaban J connectivity index is 1.84. The molecule has 108 valence electrons. The first-order valence-electron chi connectivity index (χ1n) is 7.36. The Morgan fingerprint density at radius 1 is 1.29 bits per heavy atom. The van der Waals surface area contributed by atoms with Gasteiger partial charge in [0.15, 0.2) is 0 Å². The molecule has 4 nitrogen and oxygen atoms in total. The maximum Gasteiger partial charge on any atom is 0.123 e. The van der Waals surface area contributed by atoms with Crippen LogP contribution in [0.25, 0.3) is 10.9 Å². The number of benzene rings is 1. The van der Waals surface area contributed by atoms with Crippen molar-refractivity contribution in [2.75, 3.05) is 0 Å². The number of aromatic amines is 1. The lowest BCUT2D eigenvalue weighted by Crippen LogP contribution is -2.21. The average Bonchev–Trinajstić information content (AvgIpc) is 3.02. The van der Waals surface area contributed by atoms with Crippen LogP contribution in [0.5, 0.6) is 0 Å². The number of hydrogen-bond donors (Lipinski definition) is 2. The average molecular weight is 280 g/mol. The standard InChI is InChI=1S/C17H20N4/c1-3-15(17-18-8-9-19-17)20-11-13-10-12(2)21-16-7-5-4-6-14(13)16/h4-10,15,20H,3,11H2,1-2H3,(H,18,19). The lowest BCUT2D eigenvalue weighted by atomic mass is 10.1. The van der Waals surface area contributed by atoms with Gasteiger partial charge in [0, 0.05) is 30.0 Å². The van der Waals surface area contributed by atoms with Crippen LogP contribution in [0.4, 0.5) is 0 Å². The summed E-state index contributed by atoms with van der Waals surface area (Å²) in [7, 11) is 0. The fraction of sp³-hybridized carbons (Fsp3) is 0.294. The number of hydrogen-bond acceptors (Lipinski definition) is 3. The Kier molecular flexibility index (Phi) is 3.97. The van der Waals surface area contributed by atoms with Crippen LogP contribution in [0.1, 0.15) is 36.5 Å². The van der Waals surface area contributed by atoms with Gasteiger partial charge in [-0.3, -0.25) is 4.98 Å². The number of imidazole rings is 1. The molecular weight excluding hydrogens is 260 g/mol. The summed E-state index contributed by atoms with van der Waals surface area (Å²) in [6.45, 7) is 5.01. The van der Waals surface area contributed by atoms with Gasteiger partial charge in [-0.25, -0.2) is 4.98 Å². The van der Waals surface area contributed by atoms with E-state index in [1.54, 1.807) is 6.20 Å². The van der Waals surface area contributed by atoms with Crippen LogP contribution in [-0.4, -0.2) is 15.0 Å². The van der Waals surface area contributed by atoms with E-state index in [-0.39, 0.29) is 6.04 Å². The summed E-state index contributed by atoms with van der Waals surface area (Å²) in [6, 6.07) is 10.7. The quantitative estimate of drug-likeness (QED) is 0.752. The number of fused-ring (bicyclic) bond motifs is 1. The number of rotatable bonds is 5. The predicted molar refractivity (Wildman–Crippen MR) is 84.9 cm³/mol. The third-order valence-electron chi connectivity index (χ3n) is 3.73. The summed E-state index contributed by atoms with van der Waals surface area (Å²) in [5.74, 6) is 0.993. The Morgan fingerprint density at radius 2 is 2.14 bits per heavy atom. The van der Waals surface area contributed by atoms with Gasteiger partial charge in [-0.15, -0.1) is 0 Å². The van der Waals surface area contributed by atoms with Crippen molar-refractivity contribution >= 4 is 10.9 Å². The number of aromatic nitrogens is 3. The van der Waals surface area contributed by atoms with E-state index in [2.05, 4.69) is 51.5 Å². The first kappa shape index (κ1) is 13.8. The van der Waals surface area contributed by atoms with Crippen molar-refractivity contribution < 1.29 is 0 Å². The summed E-state index contributed by atoms with van der Waals surface area (Å²) >= 11 is 0. The Morgan fingerprint density at radius 3 is 2.90 bits per heavy atom. The molecule has 0 saturated heterocycles. The fourth-order valence-electron chi connectivity index (χ4n) is 2.68. The van der Waals surface area contributed by atoms with Gasteiger partial charge in [0.25, 0.3) is 0 Å². The van der Waals surface area contributed by atoms with Crippen LogP contribution in [0.2, 0.25) is 0 Å². The van der Waals surface area contributed by atoms with Crippen LogP contribution in [0.15, 0.2) is 42.7 Å². The molecular formula is C17H20N4. The Labute approximate surface area is 124 Å². The highest BCUT2D eigenvalue weighted by Crippen LogP contribution is 2.20. The third kappa shape index (κ3) is 2.95. The summed E-state index contributed by atoms with van der Waals surface area (Å²) in [4.78, 5) is 12.1. The summed E-state index contributed by atoms with van der Waals surface area (Å²) < 4.78 is 0. The van der Waals surface area contributed by atoms with E-state index in [9.17, 15) is 0 Å². The second-order valence-electron chi connectivity index (χ2n) is 5.26. The molecule has 2 N–H and O–H groups in total. The molecule has 0 fully saturated rings. The Hall–Kier alpha value is -2.20. The number of nitrogens with zero attached hydrogens (tertiary/aromatic N) is 2. The minimum Gasteiger partial charge on any atom is -0.347 e. The van der Waals surface area contributed by atoms with E-state index in [1.807, 2.05) is 19.2 Å². The maximum absolute atomic E-state index is 4.59. The van der Waals surface area contributed by atoms with Gasteiger partial charge in [-0.2, -0.15) is 0 Å². The monoisotopic (exact) mass is 280 g/mol. The predicted octanol–water partition coefficient (Wildman–Crippen LogP) is 3.51. The van der Waals surface area contributed by atoms with E-state index in [0.29, 0.717) is 0 Å². The summed E-state index contributed by atoms with van der Waals surface area (Å²) in [5, 5.41) is 4.80. The molecule has 0 radical (unpaired) electrons. The molecule has 0 saturated carbocycles. The first-order valence-corrected chi connectivity index (χ1v) is 7.36. The number of para-hydroxylation sites is 1. The van der Waals surface area contributed by atoms with Crippen LogP contribution < -0.4 is 5.32 Å². The van der Waals surface area contributed by atoms with Gasteiger partial charge in [-0.1, -0.05) is 25.1 Å². The zero-order chi connectivity index (χ0) is 14.7. The molecule has 0 aliphatic rings. The molecule has 1 aromatic carbocycles. The topological polar surface area (TPSA) is 53.6 Å². The zero-order valence-corrected chi connectivity index (χ0v) is 12.4. The third-order valence-corrected chi connectivity index (χ3v) is 3.73. The minimum absolute atomic E-state index is 0.243. The van der Waals surface area contributed by atoms with Gasteiger partial charge in [-0.05, 0) is 31.0 Å². The molecule has 1 atom stereocenters. The molecule has 4 heteroatoms. The van der Waals surface area contributed by atoms with E-state index in [1.165, 1.54) is 10.9 Å².